The van der Waals surface area contributed by atoms with Crippen LogP contribution in [0.2, 0.25) is 0 Å². The highest BCUT2D eigenvalue weighted by molar-refractivity contribution is 6.21. The van der Waals surface area contributed by atoms with E-state index in [0.29, 0.717) is 5.56 Å². The molecule has 0 heterocycles. The lowest BCUT2D eigenvalue weighted by molar-refractivity contribution is 0.102. The standard InChI is InChI=1S/C18H18ClNO/c1-12(19)16-7-2-3-8-17(16)20-18(21)15-10-9-13-5-4-6-14(13)11-15/h2-3,7-12H,4-6H2,1H3,(H,20,21). The predicted molar refractivity (Wildman–Crippen MR) is 87.1 cm³/mol. The molecule has 1 unspecified atom stereocenters. The number of anilines is 1. The number of aryl methyl sites for hydroxylation is 2. The van der Waals surface area contributed by atoms with E-state index < -0.39 is 0 Å². The van der Waals surface area contributed by atoms with Gasteiger partial charge in [-0.25, -0.2) is 0 Å². The first-order valence-corrected chi connectivity index (χ1v) is 7.75. The summed E-state index contributed by atoms with van der Waals surface area (Å²) in [5.41, 5.74) is 5.12. The van der Waals surface area contributed by atoms with Crippen molar-refractivity contribution >= 4 is 23.2 Å². The quantitative estimate of drug-likeness (QED) is 0.816. The third kappa shape index (κ3) is 2.96. The molecule has 0 bridgehead atoms. The molecule has 1 atom stereocenters. The van der Waals surface area contributed by atoms with Crippen LogP contribution >= 0.6 is 11.6 Å². The molecule has 2 nitrogen and oxygen atoms in total. The first-order valence-electron chi connectivity index (χ1n) is 7.31. The van der Waals surface area contributed by atoms with Crippen LogP contribution in [0.25, 0.3) is 0 Å². The number of para-hydroxylation sites is 1. The minimum absolute atomic E-state index is 0.0746. The summed E-state index contributed by atoms with van der Waals surface area (Å²) in [6, 6.07) is 13.7. The summed E-state index contributed by atoms with van der Waals surface area (Å²) < 4.78 is 0. The van der Waals surface area contributed by atoms with Gasteiger partial charge < -0.3 is 5.32 Å². The van der Waals surface area contributed by atoms with Crippen molar-refractivity contribution < 1.29 is 4.79 Å². The fourth-order valence-electron chi connectivity index (χ4n) is 2.87. The Morgan fingerprint density at radius 2 is 1.90 bits per heavy atom. The lowest BCUT2D eigenvalue weighted by Gasteiger charge is -2.13. The van der Waals surface area contributed by atoms with Gasteiger partial charge in [-0.15, -0.1) is 11.6 Å². The van der Waals surface area contributed by atoms with Crippen molar-refractivity contribution in [3.63, 3.8) is 0 Å². The number of benzene rings is 2. The monoisotopic (exact) mass is 299 g/mol. The molecule has 0 radical (unpaired) electrons. The number of carbonyl (C=O) groups is 1. The summed E-state index contributed by atoms with van der Waals surface area (Å²) in [6.45, 7) is 1.90. The van der Waals surface area contributed by atoms with Crippen LogP contribution in [-0.4, -0.2) is 5.91 Å². The van der Waals surface area contributed by atoms with E-state index >= 15 is 0 Å². The minimum Gasteiger partial charge on any atom is -0.322 e. The van der Waals surface area contributed by atoms with E-state index in [9.17, 15) is 4.79 Å². The van der Waals surface area contributed by atoms with Crippen molar-refractivity contribution in [2.75, 3.05) is 5.32 Å². The molecule has 1 aliphatic rings. The largest absolute Gasteiger partial charge is 0.322 e. The van der Waals surface area contributed by atoms with Crippen molar-refractivity contribution in [1.29, 1.82) is 0 Å². The maximum Gasteiger partial charge on any atom is 0.255 e. The van der Waals surface area contributed by atoms with Gasteiger partial charge in [0.2, 0.25) is 0 Å². The van der Waals surface area contributed by atoms with E-state index in [1.54, 1.807) is 0 Å². The number of hydrogen-bond acceptors (Lipinski definition) is 1. The van der Waals surface area contributed by atoms with E-state index in [4.69, 9.17) is 11.6 Å². The maximum absolute atomic E-state index is 12.4. The average molecular weight is 300 g/mol. The van der Waals surface area contributed by atoms with Crippen molar-refractivity contribution in [2.24, 2.45) is 0 Å². The molecule has 2 aromatic carbocycles. The number of amides is 1. The van der Waals surface area contributed by atoms with Crippen LogP contribution in [0.1, 0.15) is 45.8 Å². The van der Waals surface area contributed by atoms with Crippen LogP contribution in [0.4, 0.5) is 5.69 Å². The van der Waals surface area contributed by atoms with Gasteiger partial charge in [-0.1, -0.05) is 24.3 Å². The highest BCUT2D eigenvalue weighted by Gasteiger charge is 2.15. The molecule has 0 aliphatic heterocycles. The Kier molecular flexibility index (Phi) is 3.98. The molecule has 0 aromatic heterocycles. The molecular formula is C18H18ClNO. The second-order valence-electron chi connectivity index (χ2n) is 5.49. The fourth-order valence-corrected chi connectivity index (χ4v) is 3.06. The van der Waals surface area contributed by atoms with E-state index in [1.165, 1.54) is 17.5 Å². The number of nitrogens with one attached hydrogen (secondary N) is 1. The van der Waals surface area contributed by atoms with Crippen LogP contribution in [0, 0.1) is 0 Å². The van der Waals surface area contributed by atoms with Gasteiger partial charge in [-0.3, -0.25) is 4.79 Å². The Morgan fingerprint density at radius 1 is 1.14 bits per heavy atom. The fraction of sp³-hybridized carbons (Fsp3) is 0.278. The molecule has 0 saturated carbocycles. The number of rotatable bonds is 3. The summed E-state index contributed by atoms with van der Waals surface area (Å²) in [7, 11) is 0. The van der Waals surface area contributed by atoms with Gasteiger partial charge in [0.05, 0.1) is 5.38 Å². The molecule has 0 fully saturated rings. The van der Waals surface area contributed by atoms with Gasteiger partial charge in [0.1, 0.15) is 0 Å². The normalized spacial score (nSPS) is 14.6. The summed E-state index contributed by atoms with van der Waals surface area (Å²) in [6.07, 6.45) is 3.39. The number of hydrogen-bond donors (Lipinski definition) is 1. The molecule has 2 aromatic rings. The van der Waals surface area contributed by atoms with E-state index in [1.807, 2.05) is 43.3 Å². The Morgan fingerprint density at radius 3 is 2.71 bits per heavy atom. The topological polar surface area (TPSA) is 29.1 Å². The average Bonchev–Trinajstić information content (AvgIpc) is 2.94. The smallest absolute Gasteiger partial charge is 0.255 e. The van der Waals surface area contributed by atoms with Crippen LogP contribution in [0.5, 0.6) is 0 Å². The van der Waals surface area contributed by atoms with E-state index in [-0.39, 0.29) is 11.3 Å². The highest BCUT2D eigenvalue weighted by atomic mass is 35.5. The Bertz CT molecular complexity index is 679. The van der Waals surface area contributed by atoms with Gasteiger partial charge in [0.25, 0.3) is 5.91 Å². The van der Waals surface area contributed by atoms with Crippen LogP contribution in [-0.2, 0) is 12.8 Å². The molecular weight excluding hydrogens is 282 g/mol. The predicted octanol–water partition coefficient (Wildman–Crippen LogP) is 4.73. The summed E-state index contributed by atoms with van der Waals surface area (Å²) >= 11 is 6.16. The first kappa shape index (κ1) is 14.2. The number of carbonyl (C=O) groups excluding carboxylic acids is 1. The van der Waals surface area contributed by atoms with Crippen molar-refractivity contribution in [2.45, 2.75) is 31.6 Å². The summed E-state index contributed by atoms with van der Waals surface area (Å²) in [5.74, 6) is -0.0746. The van der Waals surface area contributed by atoms with Gasteiger partial charge in [0.15, 0.2) is 0 Å². The van der Waals surface area contributed by atoms with Crippen molar-refractivity contribution in [3.8, 4) is 0 Å². The van der Waals surface area contributed by atoms with Crippen molar-refractivity contribution in [1.82, 2.24) is 0 Å². The lowest BCUT2D eigenvalue weighted by Crippen LogP contribution is -2.13. The molecule has 108 valence electrons. The number of alkyl halides is 1. The highest BCUT2D eigenvalue weighted by Crippen LogP contribution is 2.28. The molecule has 0 saturated heterocycles. The Hall–Kier alpha value is -1.80. The summed E-state index contributed by atoms with van der Waals surface area (Å²) in [5, 5.41) is 2.84. The first-order chi connectivity index (χ1) is 10.1. The number of fused-ring (bicyclic) bond motifs is 1. The van der Waals surface area contributed by atoms with Gasteiger partial charge in [-0.05, 0) is 61.1 Å². The van der Waals surface area contributed by atoms with Gasteiger partial charge in [-0.2, -0.15) is 0 Å². The van der Waals surface area contributed by atoms with Crippen molar-refractivity contribution in [3.05, 3.63) is 64.7 Å². The minimum atomic E-state index is -0.137. The van der Waals surface area contributed by atoms with E-state index in [0.717, 1.165) is 24.1 Å². The molecule has 0 spiro atoms. The Labute approximate surface area is 130 Å². The SMILES string of the molecule is CC(Cl)c1ccccc1NC(=O)c1ccc2c(c1)CCC2. The Balaban J connectivity index is 1.84. The molecule has 3 rings (SSSR count). The van der Waals surface area contributed by atoms with Crippen LogP contribution in [0.15, 0.2) is 42.5 Å². The molecule has 1 amide bonds. The number of halogens is 1. The van der Waals surface area contributed by atoms with Crippen LogP contribution in [0.3, 0.4) is 0 Å². The zero-order valence-electron chi connectivity index (χ0n) is 12.0. The van der Waals surface area contributed by atoms with E-state index in [2.05, 4.69) is 11.4 Å². The molecule has 1 aliphatic carbocycles. The third-order valence-electron chi connectivity index (χ3n) is 4.00. The maximum atomic E-state index is 12.4. The third-order valence-corrected chi connectivity index (χ3v) is 4.23. The molecule has 1 N–H and O–H groups in total. The lowest BCUT2D eigenvalue weighted by atomic mass is 10.1. The van der Waals surface area contributed by atoms with Gasteiger partial charge in [0, 0.05) is 11.3 Å². The zero-order chi connectivity index (χ0) is 14.8. The second-order valence-corrected chi connectivity index (χ2v) is 6.15. The second kappa shape index (κ2) is 5.90. The van der Waals surface area contributed by atoms with Gasteiger partial charge >= 0.3 is 0 Å². The summed E-state index contributed by atoms with van der Waals surface area (Å²) in [4.78, 5) is 12.4. The zero-order valence-corrected chi connectivity index (χ0v) is 12.8. The molecule has 21 heavy (non-hydrogen) atoms. The van der Waals surface area contributed by atoms with Crippen LogP contribution < -0.4 is 5.32 Å². The molecule has 3 heteroatoms.